The highest BCUT2D eigenvalue weighted by Gasteiger charge is 2.06. The molecule has 0 amide bonds. The lowest BCUT2D eigenvalue weighted by Crippen LogP contribution is -1.85. The molecule has 0 nitrogen and oxygen atoms in total. The summed E-state index contributed by atoms with van der Waals surface area (Å²) >= 11 is 6.42. The van der Waals surface area contributed by atoms with Crippen LogP contribution in [0, 0.1) is 5.82 Å². The first-order valence-corrected chi connectivity index (χ1v) is 4.57. The van der Waals surface area contributed by atoms with Gasteiger partial charge in [0.2, 0.25) is 0 Å². The van der Waals surface area contributed by atoms with Crippen molar-refractivity contribution < 1.29 is 4.39 Å². The molecule has 0 unspecified atom stereocenters. The SMILES string of the molecule is Fc1ccccc1C(Br)Br. The Labute approximate surface area is 75.7 Å². The Hall–Kier alpha value is 0.110. The van der Waals surface area contributed by atoms with E-state index >= 15 is 0 Å². The van der Waals surface area contributed by atoms with Crippen molar-refractivity contribution in [2.45, 2.75) is 3.74 Å². The molecule has 0 fully saturated rings. The number of hydrogen-bond donors (Lipinski definition) is 0. The third kappa shape index (κ3) is 1.80. The highest BCUT2D eigenvalue weighted by atomic mass is 79.9. The molecule has 0 N–H and O–H groups in total. The molecule has 1 rings (SSSR count). The average molecular weight is 268 g/mol. The van der Waals surface area contributed by atoms with Crippen LogP contribution in [0.1, 0.15) is 9.30 Å². The quantitative estimate of drug-likeness (QED) is 0.682. The lowest BCUT2D eigenvalue weighted by Gasteiger charge is -2.01. The fourth-order valence-corrected chi connectivity index (χ4v) is 1.39. The third-order valence-electron chi connectivity index (χ3n) is 1.14. The Morgan fingerprint density at radius 2 is 1.80 bits per heavy atom. The second-order valence-electron chi connectivity index (χ2n) is 1.82. The van der Waals surface area contributed by atoms with E-state index < -0.39 is 0 Å². The summed E-state index contributed by atoms with van der Waals surface area (Å²) in [6.07, 6.45) is 0. The van der Waals surface area contributed by atoms with Crippen molar-refractivity contribution in [1.29, 1.82) is 0 Å². The molecule has 0 aromatic heterocycles. The van der Waals surface area contributed by atoms with Crippen molar-refractivity contribution in [2.75, 3.05) is 0 Å². The van der Waals surface area contributed by atoms with E-state index in [-0.39, 0.29) is 9.55 Å². The molecule has 0 heterocycles. The molecule has 0 saturated heterocycles. The van der Waals surface area contributed by atoms with Gasteiger partial charge in [0, 0.05) is 5.56 Å². The predicted octanol–water partition coefficient (Wildman–Crippen LogP) is 3.61. The van der Waals surface area contributed by atoms with Crippen LogP contribution in [-0.2, 0) is 0 Å². The van der Waals surface area contributed by atoms with E-state index in [1.807, 2.05) is 0 Å². The first-order chi connectivity index (χ1) is 4.72. The summed E-state index contributed by atoms with van der Waals surface area (Å²) in [7, 11) is 0. The predicted molar refractivity (Wildman–Crippen MR) is 47.0 cm³/mol. The maximum atomic E-state index is 12.8. The van der Waals surface area contributed by atoms with Crippen molar-refractivity contribution in [1.82, 2.24) is 0 Å². The Morgan fingerprint density at radius 3 is 2.20 bits per heavy atom. The Morgan fingerprint density at radius 1 is 1.20 bits per heavy atom. The summed E-state index contributed by atoms with van der Waals surface area (Å²) in [4.78, 5) is 0. The lowest BCUT2D eigenvalue weighted by atomic mass is 10.2. The normalized spacial score (nSPS) is 10.4. The van der Waals surface area contributed by atoms with Gasteiger partial charge in [-0.3, -0.25) is 0 Å². The van der Waals surface area contributed by atoms with Crippen molar-refractivity contribution >= 4 is 31.9 Å². The summed E-state index contributed by atoms with van der Waals surface area (Å²) in [5.41, 5.74) is 0.627. The molecule has 1 aromatic carbocycles. The molecule has 0 spiro atoms. The van der Waals surface area contributed by atoms with E-state index in [1.54, 1.807) is 18.2 Å². The van der Waals surface area contributed by atoms with Gasteiger partial charge in [0.1, 0.15) is 5.82 Å². The minimum Gasteiger partial charge on any atom is -0.207 e. The van der Waals surface area contributed by atoms with Crippen LogP contribution >= 0.6 is 31.9 Å². The van der Waals surface area contributed by atoms with Crippen molar-refractivity contribution in [3.63, 3.8) is 0 Å². The van der Waals surface area contributed by atoms with E-state index in [4.69, 9.17) is 0 Å². The Kier molecular flexibility index (Phi) is 2.86. The van der Waals surface area contributed by atoms with E-state index in [1.165, 1.54) is 6.07 Å². The van der Waals surface area contributed by atoms with Gasteiger partial charge in [0.25, 0.3) is 0 Å². The standard InChI is InChI=1S/C7H5Br2F/c8-7(9)5-3-1-2-4-6(5)10/h1-4,7H. The van der Waals surface area contributed by atoms with Crippen molar-refractivity contribution in [2.24, 2.45) is 0 Å². The number of benzene rings is 1. The summed E-state index contributed by atoms with van der Waals surface area (Å²) < 4.78 is 12.7. The molecule has 10 heavy (non-hydrogen) atoms. The van der Waals surface area contributed by atoms with Crippen LogP contribution in [0.4, 0.5) is 4.39 Å². The van der Waals surface area contributed by atoms with Gasteiger partial charge in [0.05, 0.1) is 3.74 Å². The average Bonchev–Trinajstić information content (AvgIpc) is 1.88. The number of alkyl halides is 2. The van der Waals surface area contributed by atoms with E-state index in [2.05, 4.69) is 31.9 Å². The summed E-state index contributed by atoms with van der Waals surface area (Å²) in [5, 5.41) is 0. The van der Waals surface area contributed by atoms with Crippen LogP contribution in [0.5, 0.6) is 0 Å². The minimum absolute atomic E-state index is 0.0961. The maximum Gasteiger partial charge on any atom is 0.128 e. The van der Waals surface area contributed by atoms with Gasteiger partial charge in [-0.1, -0.05) is 50.1 Å². The third-order valence-corrected chi connectivity index (χ3v) is 2.13. The van der Waals surface area contributed by atoms with Crippen molar-refractivity contribution in [3.05, 3.63) is 35.6 Å². The zero-order valence-corrected chi connectivity index (χ0v) is 8.19. The van der Waals surface area contributed by atoms with Gasteiger partial charge < -0.3 is 0 Å². The van der Waals surface area contributed by atoms with Crippen LogP contribution in [0.25, 0.3) is 0 Å². The van der Waals surface area contributed by atoms with Crippen LogP contribution < -0.4 is 0 Å². The van der Waals surface area contributed by atoms with Crippen LogP contribution in [0.2, 0.25) is 0 Å². The van der Waals surface area contributed by atoms with Gasteiger partial charge in [-0.15, -0.1) is 0 Å². The second kappa shape index (κ2) is 3.49. The van der Waals surface area contributed by atoms with Gasteiger partial charge >= 0.3 is 0 Å². The Bertz CT molecular complexity index is 223. The molecule has 54 valence electrons. The molecule has 0 aliphatic heterocycles. The van der Waals surface area contributed by atoms with E-state index in [0.717, 1.165) is 0 Å². The second-order valence-corrected chi connectivity index (χ2v) is 4.88. The lowest BCUT2D eigenvalue weighted by molar-refractivity contribution is 0.617. The van der Waals surface area contributed by atoms with Gasteiger partial charge in [-0.25, -0.2) is 4.39 Å². The zero-order valence-electron chi connectivity index (χ0n) is 5.02. The topological polar surface area (TPSA) is 0 Å². The van der Waals surface area contributed by atoms with E-state index in [0.29, 0.717) is 5.56 Å². The molecular weight excluding hydrogens is 263 g/mol. The molecule has 0 saturated carbocycles. The van der Waals surface area contributed by atoms with Gasteiger partial charge in [0.15, 0.2) is 0 Å². The molecule has 0 radical (unpaired) electrons. The molecule has 3 heteroatoms. The molecule has 1 aromatic rings. The maximum absolute atomic E-state index is 12.8. The first kappa shape index (κ1) is 8.21. The Balaban J connectivity index is 3.03. The molecular formula is C7H5Br2F. The van der Waals surface area contributed by atoms with Crippen LogP contribution in [-0.4, -0.2) is 0 Å². The first-order valence-electron chi connectivity index (χ1n) is 2.74. The summed E-state index contributed by atoms with van der Waals surface area (Å²) in [6.45, 7) is 0. The molecule has 0 aliphatic carbocycles. The highest BCUT2D eigenvalue weighted by molar-refractivity contribution is 9.24. The van der Waals surface area contributed by atoms with Gasteiger partial charge in [-0.05, 0) is 6.07 Å². The molecule has 0 bridgehead atoms. The molecule has 0 aliphatic rings. The number of hydrogen-bond acceptors (Lipinski definition) is 0. The van der Waals surface area contributed by atoms with Crippen LogP contribution in [0.15, 0.2) is 24.3 Å². The fraction of sp³-hybridized carbons (Fsp3) is 0.143. The number of rotatable bonds is 1. The zero-order chi connectivity index (χ0) is 7.56. The summed E-state index contributed by atoms with van der Waals surface area (Å²) in [5.74, 6) is -0.193. The molecule has 0 atom stereocenters. The van der Waals surface area contributed by atoms with E-state index in [9.17, 15) is 4.39 Å². The smallest absolute Gasteiger partial charge is 0.128 e. The minimum atomic E-state index is -0.193. The van der Waals surface area contributed by atoms with Gasteiger partial charge in [-0.2, -0.15) is 0 Å². The largest absolute Gasteiger partial charge is 0.207 e. The van der Waals surface area contributed by atoms with Crippen molar-refractivity contribution in [3.8, 4) is 0 Å². The highest BCUT2D eigenvalue weighted by Crippen LogP contribution is 2.30. The van der Waals surface area contributed by atoms with Crippen LogP contribution in [0.3, 0.4) is 0 Å². The fourth-order valence-electron chi connectivity index (χ4n) is 0.652. The summed E-state index contributed by atoms with van der Waals surface area (Å²) in [6, 6.07) is 6.63. The monoisotopic (exact) mass is 266 g/mol. The number of halogens is 3.